The zero-order valence-corrected chi connectivity index (χ0v) is 29.3. The van der Waals surface area contributed by atoms with E-state index in [1.54, 1.807) is 0 Å². The molecule has 0 aliphatic rings. The lowest BCUT2D eigenvalue weighted by Gasteiger charge is -2.33. The lowest BCUT2D eigenvalue weighted by molar-refractivity contribution is 0.148. The van der Waals surface area contributed by atoms with Crippen molar-refractivity contribution in [1.29, 1.82) is 0 Å². The molecule has 0 aromatic rings. The van der Waals surface area contributed by atoms with E-state index in [2.05, 4.69) is 122 Å². The summed E-state index contributed by atoms with van der Waals surface area (Å²) in [5.74, 6) is 3.87. The van der Waals surface area contributed by atoms with E-state index >= 15 is 0 Å². The topological polar surface area (TPSA) is 9.23 Å². The van der Waals surface area contributed by atoms with E-state index in [4.69, 9.17) is 4.74 Å². The lowest BCUT2D eigenvalue weighted by atomic mass is 10.4. The Morgan fingerprint density at radius 2 is 0.912 bits per heavy atom. The largest absolute Gasteiger partial charge is 0.382 e. The van der Waals surface area contributed by atoms with Crippen LogP contribution in [0.25, 0.3) is 0 Å². The Balaban J connectivity index is 5.07. The zero-order valence-electron chi connectivity index (χ0n) is 23.1. The molecular formula is C26H56OS6Si. The van der Waals surface area contributed by atoms with Gasteiger partial charge in [0.15, 0.2) is 0 Å². The second-order valence-corrected chi connectivity index (χ2v) is 22.0. The molecule has 0 fully saturated rings. The maximum absolute atomic E-state index is 5.76. The highest BCUT2D eigenvalue weighted by Gasteiger charge is 2.31. The molecule has 0 aliphatic carbocycles. The quantitative estimate of drug-likeness (QED) is 0.0608. The highest BCUT2D eigenvalue weighted by atomic mass is 32.2. The van der Waals surface area contributed by atoms with Crippen LogP contribution in [0.3, 0.4) is 0 Å². The molecule has 1 nitrogen and oxygen atoms in total. The maximum Gasteiger partial charge on any atom is 0.0537 e. The van der Waals surface area contributed by atoms with Crippen molar-refractivity contribution in [2.75, 3.05) is 30.5 Å². The highest BCUT2D eigenvalue weighted by Crippen LogP contribution is 2.35. The molecule has 0 radical (unpaired) electrons. The first-order valence-corrected chi connectivity index (χ1v) is 21.0. The van der Waals surface area contributed by atoms with Gasteiger partial charge in [-0.2, -0.15) is 73.2 Å². The summed E-state index contributed by atoms with van der Waals surface area (Å²) in [6.45, 7) is 17.6. The third-order valence-electron chi connectivity index (χ3n) is 6.93. The third-order valence-corrected chi connectivity index (χ3v) is 18.9. The molecule has 0 amide bonds. The van der Waals surface area contributed by atoms with E-state index in [-0.39, 0.29) is 0 Å². The number of hydrogen-bond donors (Lipinski definition) is 3. The van der Waals surface area contributed by atoms with Gasteiger partial charge >= 0.3 is 0 Å². The molecule has 206 valence electrons. The molecule has 34 heavy (non-hydrogen) atoms. The van der Waals surface area contributed by atoms with Crippen LogP contribution in [-0.4, -0.2) is 70.0 Å². The summed E-state index contributed by atoms with van der Waals surface area (Å²) in [6.07, 6.45) is 5.39. The van der Waals surface area contributed by atoms with Gasteiger partial charge < -0.3 is 4.74 Å². The summed E-state index contributed by atoms with van der Waals surface area (Å²) in [6, 6.07) is 5.92. The Kier molecular flexibility index (Phi) is 23.6. The Morgan fingerprint density at radius 1 is 0.588 bits per heavy atom. The van der Waals surface area contributed by atoms with Crippen LogP contribution in [0.5, 0.6) is 0 Å². The minimum Gasteiger partial charge on any atom is -0.382 e. The van der Waals surface area contributed by atoms with Crippen LogP contribution in [-0.2, 0) is 4.74 Å². The zero-order chi connectivity index (χ0) is 26.0. The highest BCUT2D eigenvalue weighted by molar-refractivity contribution is 8.01. The van der Waals surface area contributed by atoms with E-state index < -0.39 is 8.07 Å². The number of ether oxygens (including phenoxy) is 1. The minimum absolute atomic E-state index is 0.472. The van der Waals surface area contributed by atoms with Crippen LogP contribution >= 0.6 is 73.2 Å². The van der Waals surface area contributed by atoms with Crippen molar-refractivity contribution >= 4 is 81.2 Å². The SMILES string of the molecule is CCOCCC[Si](CCCSC(C)C(C)S)(CCCSC(C)C(C)S)CCCSC(C)C(C)S. The van der Waals surface area contributed by atoms with Gasteiger partial charge in [0, 0.05) is 44.7 Å². The standard InChI is InChI=1S/C26H56OS6Si/c1-8-27-13-9-17-34(18-10-14-31-24(5)21(2)28,19-11-15-32-25(6)22(3)29)20-12-16-33-26(7)23(4)30/h21-26,28-30H,8-20H2,1-7H3. The van der Waals surface area contributed by atoms with E-state index in [0.717, 1.165) is 13.2 Å². The fourth-order valence-electron chi connectivity index (χ4n) is 4.01. The first kappa shape index (κ1) is 36.3. The Hall–Kier alpha value is 2.28. The van der Waals surface area contributed by atoms with Crippen LogP contribution in [0.4, 0.5) is 0 Å². The van der Waals surface area contributed by atoms with Crippen molar-refractivity contribution in [1.82, 2.24) is 0 Å². The molecule has 6 atom stereocenters. The van der Waals surface area contributed by atoms with E-state index in [1.165, 1.54) is 67.1 Å². The summed E-state index contributed by atoms with van der Waals surface area (Å²) in [5.41, 5.74) is 0. The fourth-order valence-corrected chi connectivity index (χ4v) is 13.6. The van der Waals surface area contributed by atoms with E-state index in [9.17, 15) is 0 Å². The molecule has 6 unspecified atom stereocenters. The van der Waals surface area contributed by atoms with Gasteiger partial charge in [0.05, 0.1) is 8.07 Å². The summed E-state index contributed by atoms with van der Waals surface area (Å²) in [7, 11) is -1.32. The van der Waals surface area contributed by atoms with Gasteiger partial charge in [-0.25, -0.2) is 0 Å². The Bertz CT molecular complexity index is 412. The molecule has 0 bridgehead atoms. The predicted molar refractivity (Wildman–Crippen MR) is 181 cm³/mol. The van der Waals surface area contributed by atoms with E-state index in [1.807, 2.05) is 0 Å². The van der Waals surface area contributed by atoms with Crippen LogP contribution < -0.4 is 0 Å². The van der Waals surface area contributed by atoms with Gasteiger partial charge in [-0.1, -0.05) is 65.7 Å². The smallest absolute Gasteiger partial charge is 0.0537 e. The third kappa shape index (κ3) is 18.5. The molecule has 0 aliphatic heterocycles. The molecule has 0 rings (SSSR count). The van der Waals surface area contributed by atoms with Crippen LogP contribution in [0.15, 0.2) is 0 Å². The van der Waals surface area contributed by atoms with Gasteiger partial charge in [-0.3, -0.25) is 0 Å². The van der Waals surface area contributed by atoms with Crippen LogP contribution in [0.1, 0.15) is 74.1 Å². The lowest BCUT2D eigenvalue weighted by Crippen LogP contribution is -2.35. The van der Waals surface area contributed by atoms with E-state index in [0.29, 0.717) is 31.5 Å². The molecule has 0 saturated carbocycles. The fraction of sp³-hybridized carbons (Fsp3) is 1.00. The monoisotopic (exact) mass is 604 g/mol. The van der Waals surface area contributed by atoms with Crippen LogP contribution in [0, 0.1) is 0 Å². The summed E-state index contributed by atoms with van der Waals surface area (Å²) < 4.78 is 5.76. The molecule has 8 heteroatoms. The van der Waals surface area contributed by atoms with Gasteiger partial charge in [0.25, 0.3) is 0 Å². The van der Waals surface area contributed by atoms with Crippen molar-refractivity contribution in [2.45, 2.75) is 130 Å². The number of thioether (sulfide) groups is 3. The Morgan fingerprint density at radius 3 is 1.21 bits per heavy atom. The Labute approximate surface area is 244 Å². The van der Waals surface area contributed by atoms with Crippen molar-refractivity contribution in [3.63, 3.8) is 0 Å². The summed E-state index contributed by atoms with van der Waals surface area (Å²) in [5, 5.41) is 3.33. The molecule has 0 heterocycles. The predicted octanol–water partition coefficient (Wildman–Crippen LogP) is 9.35. The molecule has 0 spiro atoms. The van der Waals surface area contributed by atoms with Gasteiger partial charge in [-0.05, 0) is 49.9 Å². The maximum atomic E-state index is 5.76. The number of rotatable bonds is 23. The average molecular weight is 605 g/mol. The number of hydrogen-bond acceptors (Lipinski definition) is 7. The first-order chi connectivity index (χ1) is 16.0. The summed E-state index contributed by atoms with van der Waals surface area (Å²) >= 11 is 20.3. The average Bonchev–Trinajstić information content (AvgIpc) is 2.79. The molecular weight excluding hydrogens is 549 g/mol. The van der Waals surface area contributed by atoms with Crippen molar-refractivity contribution < 1.29 is 4.74 Å². The summed E-state index contributed by atoms with van der Waals surface area (Å²) in [4.78, 5) is 0. The van der Waals surface area contributed by atoms with Gasteiger partial charge in [-0.15, -0.1) is 0 Å². The molecule has 0 aromatic heterocycles. The molecule has 0 N–H and O–H groups in total. The second-order valence-electron chi connectivity index (χ2n) is 10.1. The van der Waals surface area contributed by atoms with Crippen molar-refractivity contribution in [3.05, 3.63) is 0 Å². The van der Waals surface area contributed by atoms with Gasteiger partial charge in [0.2, 0.25) is 0 Å². The molecule has 0 aromatic carbocycles. The second kappa shape index (κ2) is 22.1. The van der Waals surface area contributed by atoms with Crippen LogP contribution in [0.2, 0.25) is 24.2 Å². The normalized spacial score (nSPS) is 19.2. The van der Waals surface area contributed by atoms with Crippen molar-refractivity contribution in [2.24, 2.45) is 0 Å². The first-order valence-electron chi connectivity index (χ1n) is 13.5. The minimum atomic E-state index is -1.32. The van der Waals surface area contributed by atoms with Gasteiger partial charge in [0.1, 0.15) is 0 Å². The molecule has 0 saturated heterocycles. The van der Waals surface area contributed by atoms with Crippen molar-refractivity contribution in [3.8, 4) is 0 Å². The number of thiol groups is 3.